The number of ether oxygens (including phenoxy) is 2. The van der Waals surface area contributed by atoms with E-state index in [1.165, 1.54) is 0 Å². The van der Waals surface area contributed by atoms with Crippen LogP contribution in [-0.4, -0.2) is 41.5 Å². The zero-order chi connectivity index (χ0) is 20.9. The van der Waals surface area contributed by atoms with Gasteiger partial charge in [0.1, 0.15) is 6.61 Å². The number of para-hydroxylation sites is 2. The summed E-state index contributed by atoms with van der Waals surface area (Å²) in [4.78, 5) is 29.7. The average molecular weight is 426 g/mol. The first-order chi connectivity index (χ1) is 14.7. The summed E-state index contributed by atoms with van der Waals surface area (Å²) in [6, 6.07) is 7.20. The number of carbonyl (C=O) groups excluding carboxylic acids is 1. The van der Waals surface area contributed by atoms with E-state index in [1.54, 1.807) is 23.4 Å². The third-order valence-corrected chi connectivity index (χ3v) is 6.26. The molecule has 1 aromatic heterocycles. The third-order valence-electron chi connectivity index (χ3n) is 5.16. The minimum atomic E-state index is -0.155. The van der Waals surface area contributed by atoms with Crippen molar-refractivity contribution in [2.75, 3.05) is 26.0 Å². The predicted molar refractivity (Wildman–Crippen MR) is 114 cm³/mol. The number of benzene rings is 1. The van der Waals surface area contributed by atoms with Crippen LogP contribution in [0.15, 0.2) is 34.2 Å². The number of methoxy groups -OCH3 is 1. The molecule has 2 aromatic rings. The molecule has 30 heavy (non-hydrogen) atoms. The molecule has 0 saturated carbocycles. The minimum Gasteiger partial charge on any atom is -0.493 e. The summed E-state index contributed by atoms with van der Waals surface area (Å²) in [5.41, 5.74) is 1.80. The van der Waals surface area contributed by atoms with Crippen LogP contribution in [0.3, 0.4) is 0 Å². The van der Waals surface area contributed by atoms with Crippen LogP contribution in [0.5, 0.6) is 11.5 Å². The molecule has 0 radical (unpaired) electrons. The second kappa shape index (κ2) is 9.26. The molecule has 156 valence electrons. The summed E-state index contributed by atoms with van der Waals surface area (Å²) >= 11 is 1.55. The first-order valence-corrected chi connectivity index (χ1v) is 10.9. The second-order valence-electron chi connectivity index (χ2n) is 7.09. The van der Waals surface area contributed by atoms with Crippen molar-refractivity contribution in [3.05, 3.63) is 45.9 Å². The lowest BCUT2D eigenvalue weighted by Gasteiger charge is -2.13. The second-order valence-corrected chi connectivity index (χ2v) is 8.07. The first kappa shape index (κ1) is 20.4. The van der Waals surface area contributed by atoms with Gasteiger partial charge < -0.3 is 14.8 Å². The number of aromatic nitrogens is 2. The van der Waals surface area contributed by atoms with Gasteiger partial charge in [-0.3, -0.25) is 14.2 Å². The van der Waals surface area contributed by atoms with Gasteiger partial charge in [0, 0.05) is 17.7 Å². The van der Waals surface area contributed by atoms with Gasteiger partial charge in [-0.05, 0) is 31.4 Å². The number of carbonyl (C=O) groups is 1. The molecule has 1 aliphatic carbocycles. The van der Waals surface area contributed by atoms with Crippen LogP contribution in [0.25, 0.3) is 0 Å². The maximum atomic E-state index is 12.8. The smallest absolute Gasteiger partial charge is 0.257 e. The Kier molecular flexibility index (Phi) is 6.29. The Morgan fingerprint density at radius 2 is 2.13 bits per heavy atom. The summed E-state index contributed by atoms with van der Waals surface area (Å²) < 4.78 is 12.5. The first-order valence-electron chi connectivity index (χ1n) is 9.92. The lowest BCUT2D eigenvalue weighted by Crippen LogP contribution is -2.32. The van der Waals surface area contributed by atoms with Crippen molar-refractivity contribution < 1.29 is 14.3 Å². The van der Waals surface area contributed by atoms with Gasteiger partial charge in [-0.2, -0.15) is 0 Å². The molecular weight excluding hydrogens is 402 g/mol. The van der Waals surface area contributed by atoms with Gasteiger partial charge in [-0.15, -0.1) is 0 Å². The van der Waals surface area contributed by atoms with Crippen LogP contribution in [0, 0.1) is 11.8 Å². The predicted octanol–water partition coefficient (Wildman–Crippen LogP) is 1.98. The average Bonchev–Trinajstić information content (AvgIpc) is 3.38. The molecule has 1 unspecified atom stereocenters. The van der Waals surface area contributed by atoms with Crippen LogP contribution in [0.2, 0.25) is 0 Å². The molecule has 7 nitrogen and oxygen atoms in total. The molecule has 0 fully saturated rings. The molecule has 0 saturated heterocycles. The number of rotatable bonds is 6. The molecule has 8 heteroatoms. The topological polar surface area (TPSA) is 82.5 Å². The van der Waals surface area contributed by atoms with E-state index < -0.39 is 0 Å². The number of aryl methyl sites for hydroxylation is 1. The van der Waals surface area contributed by atoms with Crippen molar-refractivity contribution in [2.24, 2.45) is 0 Å². The molecule has 1 aliphatic heterocycles. The fourth-order valence-electron chi connectivity index (χ4n) is 3.70. The lowest BCUT2D eigenvalue weighted by molar-refractivity contribution is -0.121. The summed E-state index contributed by atoms with van der Waals surface area (Å²) in [6.45, 7) is 0.438. The van der Waals surface area contributed by atoms with Crippen molar-refractivity contribution in [1.82, 2.24) is 14.9 Å². The van der Waals surface area contributed by atoms with Crippen LogP contribution in [0.4, 0.5) is 0 Å². The lowest BCUT2D eigenvalue weighted by atomic mass is 10.2. The third kappa shape index (κ3) is 4.31. The van der Waals surface area contributed by atoms with Crippen molar-refractivity contribution in [2.45, 2.75) is 36.9 Å². The van der Waals surface area contributed by atoms with E-state index in [0.29, 0.717) is 17.3 Å². The molecule has 1 amide bonds. The van der Waals surface area contributed by atoms with E-state index in [0.717, 1.165) is 35.7 Å². The molecule has 0 spiro atoms. The fourth-order valence-corrected chi connectivity index (χ4v) is 4.85. The summed E-state index contributed by atoms with van der Waals surface area (Å²) in [5.74, 6) is 7.60. The summed E-state index contributed by atoms with van der Waals surface area (Å²) in [7, 11) is 1.59. The highest BCUT2D eigenvalue weighted by Gasteiger charge is 2.30. The van der Waals surface area contributed by atoms with Gasteiger partial charge >= 0.3 is 0 Å². The van der Waals surface area contributed by atoms with E-state index in [4.69, 9.17) is 9.47 Å². The highest BCUT2D eigenvalue weighted by molar-refractivity contribution is 7.99. The Hall–Kier alpha value is -2.92. The SMILES string of the molecule is COc1ccccc1OCC#CCNC(=O)CC1CSc2nc3c(c(=O)n21)CCC3. The van der Waals surface area contributed by atoms with Gasteiger partial charge in [0.2, 0.25) is 5.91 Å². The zero-order valence-corrected chi connectivity index (χ0v) is 17.6. The zero-order valence-electron chi connectivity index (χ0n) is 16.8. The van der Waals surface area contributed by atoms with Crippen LogP contribution in [-0.2, 0) is 17.6 Å². The van der Waals surface area contributed by atoms with E-state index in [2.05, 4.69) is 22.1 Å². The molecule has 1 aromatic carbocycles. The fraction of sp³-hybridized carbons (Fsp3) is 0.409. The van der Waals surface area contributed by atoms with E-state index in [1.807, 2.05) is 24.3 Å². The largest absolute Gasteiger partial charge is 0.493 e. The maximum absolute atomic E-state index is 12.8. The standard InChI is InChI=1S/C22H23N3O4S/c1-28-18-9-2-3-10-19(18)29-12-5-4-11-23-20(26)13-15-14-30-22-24-17-8-6-7-16(17)21(27)25(15)22/h2-3,9-10,15H,6-8,11-14H2,1H3,(H,23,26). The van der Waals surface area contributed by atoms with Crippen molar-refractivity contribution in [1.29, 1.82) is 0 Å². The number of fused-ring (bicyclic) bond motifs is 2. The number of amides is 1. The van der Waals surface area contributed by atoms with Crippen LogP contribution < -0.4 is 20.3 Å². The molecular formula is C22H23N3O4S. The Labute approximate surface area is 179 Å². The Balaban J connectivity index is 1.26. The summed E-state index contributed by atoms with van der Waals surface area (Å²) in [5, 5.41) is 3.54. The molecule has 0 bridgehead atoms. The van der Waals surface area contributed by atoms with Crippen molar-refractivity contribution in [3.8, 4) is 23.3 Å². The van der Waals surface area contributed by atoms with Gasteiger partial charge in [0.05, 0.1) is 25.4 Å². The summed E-state index contributed by atoms with van der Waals surface area (Å²) in [6.07, 6.45) is 2.90. The van der Waals surface area contributed by atoms with Gasteiger partial charge in [0.15, 0.2) is 16.7 Å². The minimum absolute atomic E-state index is 0.0311. The Bertz CT molecular complexity index is 1070. The number of hydrogen-bond acceptors (Lipinski definition) is 6. The number of thioether (sulfide) groups is 1. The highest BCUT2D eigenvalue weighted by atomic mass is 32.2. The Morgan fingerprint density at radius 3 is 2.97 bits per heavy atom. The van der Waals surface area contributed by atoms with Crippen LogP contribution in [0.1, 0.15) is 30.1 Å². The Morgan fingerprint density at radius 1 is 1.30 bits per heavy atom. The van der Waals surface area contributed by atoms with E-state index >= 15 is 0 Å². The van der Waals surface area contributed by atoms with Crippen molar-refractivity contribution >= 4 is 17.7 Å². The van der Waals surface area contributed by atoms with Crippen LogP contribution >= 0.6 is 11.8 Å². The molecule has 2 heterocycles. The van der Waals surface area contributed by atoms with E-state index in [-0.39, 0.29) is 37.1 Å². The molecule has 1 N–H and O–H groups in total. The highest BCUT2D eigenvalue weighted by Crippen LogP contribution is 2.33. The van der Waals surface area contributed by atoms with Gasteiger partial charge in [-0.1, -0.05) is 35.7 Å². The van der Waals surface area contributed by atoms with Crippen molar-refractivity contribution in [3.63, 3.8) is 0 Å². The van der Waals surface area contributed by atoms with E-state index in [9.17, 15) is 9.59 Å². The normalized spacial score (nSPS) is 16.2. The molecule has 4 rings (SSSR count). The molecule has 1 atom stereocenters. The maximum Gasteiger partial charge on any atom is 0.257 e. The van der Waals surface area contributed by atoms with Gasteiger partial charge in [0.25, 0.3) is 5.56 Å². The molecule has 2 aliphatic rings. The number of hydrogen-bond donors (Lipinski definition) is 1. The quantitative estimate of drug-likeness (QED) is 0.563. The van der Waals surface area contributed by atoms with Gasteiger partial charge in [-0.25, -0.2) is 4.98 Å². The number of nitrogens with zero attached hydrogens (tertiary/aromatic N) is 2. The monoisotopic (exact) mass is 425 g/mol. The number of nitrogens with one attached hydrogen (secondary N) is 1.